The summed E-state index contributed by atoms with van der Waals surface area (Å²) >= 11 is 0. The predicted octanol–water partition coefficient (Wildman–Crippen LogP) is 0.515. The van der Waals surface area contributed by atoms with E-state index in [1.165, 1.54) is 12.1 Å². The summed E-state index contributed by atoms with van der Waals surface area (Å²) in [5.41, 5.74) is 0.537. The van der Waals surface area contributed by atoms with Gasteiger partial charge in [0.15, 0.2) is 0 Å². The van der Waals surface area contributed by atoms with Crippen LogP contribution < -0.4 is 4.72 Å². The largest absolute Gasteiger partial charge is 0.336 e. The van der Waals surface area contributed by atoms with E-state index in [1.54, 1.807) is 12.1 Å². The third kappa shape index (κ3) is 3.48. The molecular weight excluding hydrogens is 302 g/mol. The number of carbonyl (C=O) groups is 1. The van der Waals surface area contributed by atoms with E-state index in [4.69, 9.17) is 0 Å². The Morgan fingerprint density at radius 1 is 1.09 bits per heavy atom. The molecule has 0 unspecified atom stereocenters. The first kappa shape index (κ1) is 15.5. The maximum Gasteiger partial charge on any atom is 0.253 e. The first-order valence-electron chi connectivity index (χ1n) is 7.56. The van der Waals surface area contributed by atoms with E-state index in [2.05, 4.69) is 9.62 Å². The highest BCUT2D eigenvalue weighted by atomic mass is 32.2. The molecule has 7 heteroatoms. The van der Waals surface area contributed by atoms with E-state index in [1.807, 2.05) is 11.9 Å². The van der Waals surface area contributed by atoms with Gasteiger partial charge in [-0.15, -0.1) is 0 Å². The molecule has 1 aromatic rings. The standard InChI is InChI=1S/C15H21N3O3S/c1-17-8-10-18(11-9-17)15(19)12-2-6-14(7-3-12)22(20,21)16-13-4-5-13/h2-3,6-7,13,16H,4-5,8-11H2,1H3. The van der Waals surface area contributed by atoms with Gasteiger partial charge in [-0.2, -0.15) is 0 Å². The van der Waals surface area contributed by atoms with Crippen LogP contribution in [0.15, 0.2) is 29.2 Å². The molecule has 0 radical (unpaired) electrons. The fraction of sp³-hybridized carbons (Fsp3) is 0.533. The Morgan fingerprint density at radius 2 is 1.68 bits per heavy atom. The van der Waals surface area contributed by atoms with Crippen molar-refractivity contribution in [1.82, 2.24) is 14.5 Å². The van der Waals surface area contributed by atoms with Gasteiger partial charge in [0.1, 0.15) is 0 Å². The minimum atomic E-state index is -3.45. The molecule has 1 aliphatic carbocycles. The smallest absolute Gasteiger partial charge is 0.253 e. The predicted molar refractivity (Wildman–Crippen MR) is 83.2 cm³/mol. The average Bonchev–Trinajstić information content (AvgIpc) is 3.31. The number of nitrogens with one attached hydrogen (secondary N) is 1. The molecule has 120 valence electrons. The molecule has 1 aliphatic heterocycles. The van der Waals surface area contributed by atoms with E-state index in [0.29, 0.717) is 18.7 Å². The molecule has 1 saturated heterocycles. The van der Waals surface area contributed by atoms with E-state index in [0.717, 1.165) is 25.9 Å². The molecule has 3 rings (SSSR count). The monoisotopic (exact) mass is 323 g/mol. The molecule has 1 heterocycles. The van der Waals surface area contributed by atoms with Crippen molar-refractivity contribution in [1.29, 1.82) is 0 Å². The van der Waals surface area contributed by atoms with Crippen LogP contribution in [-0.4, -0.2) is 63.4 Å². The summed E-state index contributed by atoms with van der Waals surface area (Å²) in [6.45, 7) is 3.14. The van der Waals surface area contributed by atoms with Gasteiger partial charge in [0.05, 0.1) is 4.90 Å². The highest BCUT2D eigenvalue weighted by Gasteiger charge is 2.28. The topological polar surface area (TPSA) is 69.7 Å². The molecule has 0 aromatic heterocycles. The molecule has 0 spiro atoms. The fourth-order valence-corrected chi connectivity index (χ4v) is 3.76. The summed E-state index contributed by atoms with van der Waals surface area (Å²) in [5.74, 6) is -0.0350. The van der Waals surface area contributed by atoms with Crippen LogP contribution in [0.2, 0.25) is 0 Å². The Hall–Kier alpha value is -1.44. The molecule has 1 amide bonds. The fourth-order valence-electron chi connectivity index (χ4n) is 2.46. The minimum absolute atomic E-state index is 0.0350. The first-order chi connectivity index (χ1) is 10.5. The number of rotatable bonds is 4. The Balaban J connectivity index is 1.69. The molecule has 1 aromatic carbocycles. The minimum Gasteiger partial charge on any atom is -0.336 e. The summed E-state index contributed by atoms with van der Waals surface area (Å²) in [5, 5.41) is 0. The Bertz CT molecular complexity index is 645. The van der Waals surface area contributed by atoms with E-state index < -0.39 is 10.0 Å². The van der Waals surface area contributed by atoms with Gasteiger partial charge in [-0.1, -0.05) is 0 Å². The van der Waals surface area contributed by atoms with Crippen LogP contribution >= 0.6 is 0 Å². The molecule has 1 saturated carbocycles. The van der Waals surface area contributed by atoms with E-state index >= 15 is 0 Å². The van der Waals surface area contributed by atoms with Crippen LogP contribution in [0.5, 0.6) is 0 Å². The number of hydrogen-bond donors (Lipinski definition) is 1. The Labute approximate surface area is 131 Å². The van der Waals surface area contributed by atoms with Crippen LogP contribution in [0.3, 0.4) is 0 Å². The van der Waals surface area contributed by atoms with Crippen LogP contribution in [0, 0.1) is 0 Å². The second-order valence-electron chi connectivity index (χ2n) is 6.02. The maximum absolute atomic E-state index is 12.4. The molecule has 2 fully saturated rings. The number of nitrogens with zero attached hydrogens (tertiary/aromatic N) is 2. The summed E-state index contributed by atoms with van der Waals surface area (Å²) in [6, 6.07) is 6.29. The summed E-state index contributed by atoms with van der Waals surface area (Å²) in [6.07, 6.45) is 1.80. The third-order valence-electron chi connectivity index (χ3n) is 4.10. The van der Waals surface area contributed by atoms with E-state index in [-0.39, 0.29) is 16.8 Å². The van der Waals surface area contributed by atoms with Gasteiger partial charge in [0.2, 0.25) is 10.0 Å². The Kier molecular flexibility index (Phi) is 4.20. The number of benzene rings is 1. The van der Waals surface area contributed by atoms with Gasteiger partial charge < -0.3 is 9.80 Å². The van der Waals surface area contributed by atoms with Crippen molar-refractivity contribution >= 4 is 15.9 Å². The van der Waals surface area contributed by atoms with E-state index in [9.17, 15) is 13.2 Å². The number of amides is 1. The number of likely N-dealkylation sites (N-methyl/N-ethyl adjacent to an activating group) is 1. The van der Waals surface area contributed by atoms with Crippen LogP contribution in [0.1, 0.15) is 23.2 Å². The molecule has 2 aliphatic rings. The van der Waals surface area contributed by atoms with Gasteiger partial charge in [-0.05, 0) is 44.2 Å². The summed E-state index contributed by atoms with van der Waals surface area (Å²) in [7, 11) is -1.42. The first-order valence-corrected chi connectivity index (χ1v) is 9.04. The zero-order valence-corrected chi connectivity index (χ0v) is 13.5. The molecule has 0 atom stereocenters. The van der Waals surface area contributed by atoms with Crippen molar-refractivity contribution in [2.75, 3.05) is 33.2 Å². The molecule has 0 bridgehead atoms. The number of piperazine rings is 1. The van der Waals surface area contributed by atoms with Gasteiger partial charge in [-0.25, -0.2) is 13.1 Å². The lowest BCUT2D eigenvalue weighted by atomic mass is 10.2. The zero-order valence-electron chi connectivity index (χ0n) is 12.7. The molecule has 6 nitrogen and oxygen atoms in total. The van der Waals surface area contributed by atoms with Gasteiger partial charge in [0, 0.05) is 37.8 Å². The molecule has 22 heavy (non-hydrogen) atoms. The normalized spacial score (nSPS) is 20.1. The van der Waals surface area contributed by atoms with Crippen molar-refractivity contribution in [2.45, 2.75) is 23.8 Å². The van der Waals surface area contributed by atoms with Crippen molar-refractivity contribution < 1.29 is 13.2 Å². The van der Waals surface area contributed by atoms with Crippen LogP contribution in [0.25, 0.3) is 0 Å². The second-order valence-corrected chi connectivity index (χ2v) is 7.73. The van der Waals surface area contributed by atoms with Gasteiger partial charge in [0.25, 0.3) is 5.91 Å². The molecule has 1 N–H and O–H groups in total. The highest BCUT2D eigenvalue weighted by molar-refractivity contribution is 7.89. The zero-order chi connectivity index (χ0) is 15.7. The number of carbonyl (C=O) groups excluding carboxylic acids is 1. The molecular formula is C15H21N3O3S. The quantitative estimate of drug-likeness (QED) is 0.877. The third-order valence-corrected chi connectivity index (χ3v) is 5.64. The SMILES string of the molecule is CN1CCN(C(=O)c2ccc(S(=O)(=O)NC3CC3)cc2)CC1. The van der Waals surface area contributed by atoms with Crippen LogP contribution in [0.4, 0.5) is 0 Å². The lowest BCUT2D eigenvalue weighted by molar-refractivity contribution is 0.0664. The van der Waals surface area contributed by atoms with Crippen molar-refractivity contribution in [3.63, 3.8) is 0 Å². The lowest BCUT2D eigenvalue weighted by Gasteiger charge is -2.32. The van der Waals surface area contributed by atoms with Crippen molar-refractivity contribution in [3.8, 4) is 0 Å². The van der Waals surface area contributed by atoms with Gasteiger partial charge >= 0.3 is 0 Å². The average molecular weight is 323 g/mol. The second kappa shape index (κ2) is 5.98. The number of sulfonamides is 1. The van der Waals surface area contributed by atoms with Crippen molar-refractivity contribution in [2.24, 2.45) is 0 Å². The maximum atomic E-state index is 12.4. The Morgan fingerprint density at radius 3 is 2.23 bits per heavy atom. The highest BCUT2D eigenvalue weighted by Crippen LogP contribution is 2.22. The van der Waals surface area contributed by atoms with Crippen LogP contribution in [-0.2, 0) is 10.0 Å². The summed E-state index contributed by atoms with van der Waals surface area (Å²) < 4.78 is 26.8. The van der Waals surface area contributed by atoms with Crippen molar-refractivity contribution in [3.05, 3.63) is 29.8 Å². The number of hydrogen-bond acceptors (Lipinski definition) is 4. The summed E-state index contributed by atoms with van der Waals surface area (Å²) in [4.78, 5) is 16.6. The lowest BCUT2D eigenvalue weighted by Crippen LogP contribution is -2.47. The van der Waals surface area contributed by atoms with Gasteiger partial charge in [-0.3, -0.25) is 4.79 Å².